The van der Waals surface area contributed by atoms with Crippen molar-refractivity contribution >= 4 is 11.8 Å². The van der Waals surface area contributed by atoms with E-state index < -0.39 is 5.60 Å². The normalized spacial score (nSPS) is 17.8. The molecule has 0 radical (unpaired) electrons. The lowest BCUT2D eigenvalue weighted by Gasteiger charge is -2.18. The number of aliphatic hydroxyl groups is 1. The first-order valence-electron chi connectivity index (χ1n) is 8.68. The Morgan fingerprint density at radius 3 is 2.54 bits per heavy atom. The summed E-state index contributed by atoms with van der Waals surface area (Å²) in [5.74, 6) is -0.0782. The summed E-state index contributed by atoms with van der Waals surface area (Å²) < 4.78 is 0. The second-order valence-electron chi connectivity index (χ2n) is 7.14. The van der Waals surface area contributed by atoms with Crippen molar-refractivity contribution in [1.82, 2.24) is 10.2 Å². The van der Waals surface area contributed by atoms with Gasteiger partial charge < -0.3 is 15.3 Å². The van der Waals surface area contributed by atoms with Gasteiger partial charge >= 0.3 is 0 Å². The van der Waals surface area contributed by atoms with Gasteiger partial charge in [-0.05, 0) is 57.7 Å². The van der Waals surface area contributed by atoms with Crippen molar-refractivity contribution < 1.29 is 14.7 Å². The molecule has 2 amide bonds. The molecule has 1 saturated heterocycles. The molecular weight excluding hydrogens is 304 g/mol. The lowest BCUT2D eigenvalue weighted by Crippen LogP contribution is -2.34. The molecule has 1 aromatic carbocycles. The third-order valence-corrected chi connectivity index (χ3v) is 4.42. The van der Waals surface area contributed by atoms with Crippen LogP contribution in [0.3, 0.4) is 0 Å². The smallest absolute Gasteiger partial charge is 0.253 e. The molecule has 1 atom stereocenters. The molecule has 0 aromatic heterocycles. The van der Waals surface area contributed by atoms with Crippen LogP contribution in [0.5, 0.6) is 0 Å². The zero-order valence-corrected chi connectivity index (χ0v) is 14.8. The molecule has 24 heavy (non-hydrogen) atoms. The second kappa shape index (κ2) is 7.79. The van der Waals surface area contributed by atoms with Crippen molar-refractivity contribution in [3.05, 3.63) is 35.4 Å². The topological polar surface area (TPSA) is 69.6 Å². The van der Waals surface area contributed by atoms with Gasteiger partial charge in [-0.1, -0.05) is 12.1 Å². The van der Waals surface area contributed by atoms with Gasteiger partial charge in [0.05, 0.1) is 11.5 Å². The highest BCUT2D eigenvalue weighted by molar-refractivity contribution is 5.95. The molecule has 1 aliphatic rings. The summed E-state index contributed by atoms with van der Waals surface area (Å²) in [6, 6.07) is 7.55. The first-order chi connectivity index (χ1) is 11.3. The van der Waals surface area contributed by atoms with Gasteiger partial charge in [0.15, 0.2) is 0 Å². The molecule has 0 saturated carbocycles. The zero-order valence-electron chi connectivity index (χ0n) is 14.8. The number of rotatable bonds is 6. The van der Waals surface area contributed by atoms with E-state index in [1.807, 2.05) is 31.2 Å². The fraction of sp³-hybridized carbons (Fsp3) is 0.579. The predicted molar refractivity (Wildman–Crippen MR) is 93.8 cm³/mol. The van der Waals surface area contributed by atoms with E-state index in [9.17, 15) is 14.7 Å². The van der Waals surface area contributed by atoms with Crippen LogP contribution in [-0.4, -0.2) is 47.1 Å². The highest BCUT2D eigenvalue weighted by atomic mass is 16.3. The molecule has 2 rings (SSSR count). The minimum atomic E-state index is -0.682. The van der Waals surface area contributed by atoms with Gasteiger partial charge in [-0.15, -0.1) is 0 Å². The van der Waals surface area contributed by atoms with Crippen molar-refractivity contribution in [3.63, 3.8) is 0 Å². The fourth-order valence-electron chi connectivity index (χ4n) is 2.92. The van der Waals surface area contributed by atoms with E-state index in [0.717, 1.165) is 18.4 Å². The Balaban J connectivity index is 1.92. The third kappa shape index (κ3) is 5.06. The minimum Gasteiger partial charge on any atom is -0.390 e. The van der Waals surface area contributed by atoms with E-state index >= 15 is 0 Å². The highest BCUT2D eigenvalue weighted by Crippen LogP contribution is 2.20. The lowest BCUT2D eigenvalue weighted by molar-refractivity contribution is -0.124. The summed E-state index contributed by atoms with van der Waals surface area (Å²) >= 11 is 0. The minimum absolute atomic E-state index is 0.0177. The van der Waals surface area contributed by atoms with E-state index in [0.29, 0.717) is 31.6 Å². The number of hydrogen-bond acceptors (Lipinski definition) is 3. The van der Waals surface area contributed by atoms with Crippen molar-refractivity contribution in [2.75, 3.05) is 19.6 Å². The molecule has 2 N–H and O–H groups in total. The Hall–Kier alpha value is -1.88. The average molecular weight is 332 g/mol. The summed E-state index contributed by atoms with van der Waals surface area (Å²) in [5.41, 5.74) is 1.08. The van der Waals surface area contributed by atoms with Crippen LogP contribution in [0.1, 0.15) is 49.5 Å². The van der Waals surface area contributed by atoms with Crippen LogP contribution < -0.4 is 5.32 Å². The monoisotopic (exact) mass is 332 g/mol. The first kappa shape index (κ1) is 18.5. The van der Waals surface area contributed by atoms with E-state index in [4.69, 9.17) is 0 Å². The maximum absolute atomic E-state index is 12.6. The van der Waals surface area contributed by atoms with Crippen LogP contribution in [-0.2, 0) is 11.2 Å². The first-order valence-corrected chi connectivity index (χ1v) is 8.68. The molecule has 0 bridgehead atoms. The quantitative estimate of drug-likeness (QED) is 0.837. The molecule has 0 aliphatic carbocycles. The van der Waals surface area contributed by atoms with E-state index in [1.54, 1.807) is 18.7 Å². The Morgan fingerprint density at radius 1 is 1.29 bits per heavy atom. The van der Waals surface area contributed by atoms with Gasteiger partial charge in [0, 0.05) is 25.2 Å². The number of benzene rings is 1. The van der Waals surface area contributed by atoms with Crippen molar-refractivity contribution in [2.24, 2.45) is 5.92 Å². The summed E-state index contributed by atoms with van der Waals surface area (Å²) in [4.78, 5) is 26.2. The Morgan fingerprint density at radius 2 is 1.96 bits per heavy atom. The van der Waals surface area contributed by atoms with Crippen molar-refractivity contribution in [3.8, 4) is 0 Å². The van der Waals surface area contributed by atoms with Crippen LogP contribution in [0, 0.1) is 5.92 Å². The maximum Gasteiger partial charge on any atom is 0.253 e. The number of nitrogens with one attached hydrogen (secondary N) is 1. The Kier molecular flexibility index (Phi) is 5.99. The van der Waals surface area contributed by atoms with Crippen molar-refractivity contribution in [1.29, 1.82) is 0 Å². The summed E-state index contributed by atoms with van der Waals surface area (Å²) in [7, 11) is 0. The van der Waals surface area contributed by atoms with Crippen LogP contribution in [0.25, 0.3) is 0 Å². The van der Waals surface area contributed by atoms with Gasteiger partial charge in [0.25, 0.3) is 5.91 Å². The largest absolute Gasteiger partial charge is 0.390 e. The van der Waals surface area contributed by atoms with Gasteiger partial charge in [-0.2, -0.15) is 0 Å². The van der Waals surface area contributed by atoms with Crippen molar-refractivity contribution in [2.45, 2.75) is 45.6 Å². The number of carbonyl (C=O) groups is 2. The number of hydrogen-bond donors (Lipinski definition) is 2. The second-order valence-corrected chi connectivity index (χ2v) is 7.14. The number of likely N-dealkylation sites (tertiary alicyclic amines) is 1. The Labute approximate surface area is 144 Å². The van der Waals surface area contributed by atoms with Crippen LogP contribution in [0.4, 0.5) is 0 Å². The van der Waals surface area contributed by atoms with Crippen LogP contribution in [0.2, 0.25) is 0 Å². The predicted octanol–water partition coefficient (Wildman–Crippen LogP) is 1.99. The summed E-state index contributed by atoms with van der Waals surface area (Å²) in [6.07, 6.45) is 2.18. The molecule has 1 aromatic rings. The Bertz CT molecular complexity index is 575. The van der Waals surface area contributed by atoms with E-state index in [-0.39, 0.29) is 17.7 Å². The number of amides is 2. The molecule has 5 nitrogen and oxygen atoms in total. The van der Waals surface area contributed by atoms with Gasteiger partial charge in [-0.25, -0.2) is 0 Å². The fourth-order valence-corrected chi connectivity index (χ4v) is 2.92. The highest BCUT2D eigenvalue weighted by Gasteiger charge is 2.31. The maximum atomic E-state index is 12.6. The zero-order chi connectivity index (χ0) is 17.7. The molecule has 0 spiro atoms. The number of aryl methyl sites for hydroxylation is 1. The molecule has 1 fully saturated rings. The molecule has 5 heteroatoms. The molecule has 1 heterocycles. The summed E-state index contributed by atoms with van der Waals surface area (Å²) in [6.45, 7) is 7.23. The molecular formula is C19H28N2O3. The number of nitrogens with zero attached hydrogens (tertiary/aromatic N) is 1. The molecule has 1 aliphatic heterocycles. The van der Waals surface area contributed by atoms with Crippen LogP contribution in [0.15, 0.2) is 24.3 Å². The SMILES string of the molecule is CCNC(=O)[C@H]1CCN(C(=O)c2ccc(CCC(C)(C)O)cc2)C1. The molecule has 132 valence electrons. The summed E-state index contributed by atoms with van der Waals surface area (Å²) in [5, 5.41) is 12.6. The van der Waals surface area contributed by atoms with Gasteiger partial charge in [-0.3, -0.25) is 9.59 Å². The van der Waals surface area contributed by atoms with Gasteiger partial charge in [0.2, 0.25) is 5.91 Å². The van der Waals surface area contributed by atoms with E-state index in [1.165, 1.54) is 0 Å². The van der Waals surface area contributed by atoms with Gasteiger partial charge in [0.1, 0.15) is 0 Å². The third-order valence-electron chi connectivity index (χ3n) is 4.42. The van der Waals surface area contributed by atoms with E-state index in [2.05, 4.69) is 5.32 Å². The molecule has 0 unspecified atom stereocenters. The van der Waals surface area contributed by atoms with Crippen LogP contribution >= 0.6 is 0 Å². The average Bonchev–Trinajstić information content (AvgIpc) is 3.02. The standard InChI is InChI=1S/C19H28N2O3/c1-4-20-17(22)16-10-12-21(13-16)18(23)15-7-5-14(6-8-15)9-11-19(2,3)24/h5-8,16,24H,4,9-13H2,1-3H3,(H,20,22)/t16-/m0/s1. The number of carbonyl (C=O) groups excluding carboxylic acids is 2. The lowest BCUT2D eigenvalue weighted by atomic mass is 9.98.